The van der Waals surface area contributed by atoms with Crippen molar-refractivity contribution in [3.05, 3.63) is 16.4 Å². The SMILES string of the molecule is Cl.Cn1ncc(Br)c1CN1CCC(N2CCNCC2)C1. The fraction of sp³-hybridized carbons (Fsp3) is 0.769. The molecule has 0 spiro atoms. The minimum Gasteiger partial charge on any atom is -0.314 e. The predicted octanol–water partition coefficient (Wildman–Crippen LogP) is 1.08. The van der Waals surface area contributed by atoms with Gasteiger partial charge in [-0.15, -0.1) is 12.4 Å². The highest BCUT2D eigenvalue weighted by Gasteiger charge is 2.28. The maximum absolute atomic E-state index is 4.29. The molecule has 0 amide bonds. The van der Waals surface area contributed by atoms with Crippen LogP contribution in [0, 0.1) is 0 Å². The van der Waals surface area contributed by atoms with Crippen LogP contribution < -0.4 is 5.32 Å². The molecule has 5 nitrogen and oxygen atoms in total. The lowest BCUT2D eigenvalue weighted by Crippen LogP contribution is -2.49. The first-order chi connectivity index (χ1) is 9.24. The summed E-state index contributed by atoms with van der Waals surface area (Å²) in [6.45, 7) is 8.08. The maximum atomic E-state index is 4.29. The number of aromatic nitrogens is 2. The van der Waals surface area contributed by atoms with Gasteiger partial charge in [-0.05, 0) is 22.4 Å². The summed E-state index contributed by atoms with van der Waals surface area (Å²) >= 11 is 3.59. The molecule has 0 aliphatic carbocycles. The zero-order valence-electron chi connectivity index (χ0n) is 11.9. The number of nitrogens with one attached hydrogen (secondary N) is 1. The standard InChI is InChI=1S/C13H22BrN5.ClH/c1-17-13(12(14)8-16-17)10-18-5-2-11(9-18)19-6-3-15-4-7-19;/h8,11,15H,2-7,9-10H2,1H3;1H. The van der Waals surface area contributed by atoms with Gasteiger partial charge in [-0.3, -0.25) is 14.5 Å². The van der Waals surface area contributed by atoms with Crippen LogP contribution in [0.25, 0.3) is 0 Å². The van der Waals surface area contributed by atoms with Crippen LogP contribution in [0.15, 0.2) is 10.7 Å². The van der Waals surface area contributed by atoms with Crippen LogP contribution in [0.3, 0.4) is 0 Å². The van der Waals surface area contributed by atoms with E-state index in [1.54, 1.807) is 0 Å². The smallest absolute Gasteiger partial charge is 0.0663 e. The molecule has 2 aliphatic rings. The summed E-state index contributed by atoms with van der Waals surface area (Å²) in [4.78, 5) is 5.20. The van der Waals surface area contributed by atoms with Gasteiger partial charge in [0.1, 0.15) is 0 Å². The second-order valence-corrected chi connectivity index (χ2v) is 6.38. The van der Waals surface area contributed by atoms with E-state index in [1.807, 2.05) is 17.9 Å². The number of rotatable bonds is 3. The zero-order valence-corrected chi connectivity index (χ0v) is 14.3. The van der Waals surface area contributed by atoms with Gasteiger partial charge in [0.25, 0.3) is 0 Å². The topological polar surface area (TPSA) is 36.3 Å². The Kier molecular flexibility index (Phi) is 5.86. The number of nitrogens with zero attached hydrogens (tertiary/aromatic N) is 4. The first-order valence-electron chi connectivity index (χ1n) is 7.07. The second-order valence-electron chi connectivity index (χ2n) is 5.53. The molecule has 1 N–H and O–H groups in total. The number of piperazine rings is 1. The molecule has 0 bridgehead atoms. The van der Waals surface area contributed by atoms with Crippen molar-refractivity contribution in [3.63, 3.8) is 0 Å². The highest BCUT2D eigenvalue weighted by atomic mass is 79.9. The highest BCUT2D eigenvalue weighted by Crippen LogP contribution is 2.22. The minimum absolute atomic E-state index is 0. The lowest BCUT2D eigenvalue weighted by molar-refractivity contribution is 0.170. The summed E-state index contributed by atoms with van der Waals surface area (Å²) in [5.41, 5.74) is 1.28. The van der Waals surface area contributed by atoms with Crippen molar-refractivity contribution in [3.8, 4) is 0 Å². The summed E-state index contributed by atoms with van der Waals surface area (Å²) in [7, 11) is 2.02. The van der Waals surface area contributed by atoms with Crippen molar-refractivity contribution in [1.82, 2.24) is 24.9 Å². The summed E-state index contributed by atoms with van der Waals surface area (Å²) in [5.74, 6) is 0. The van der Waals surface area contributed by atoms with Crippen LogP contribution in [0.5, 0.6) is 0 Å². The normalized spacial score (nSPS) is 24.8. The van der Waals surface area contributed by atoms with Crippen LogP contribution in [-0.4, -0.2) is 64.9 Å². The van der Waals surface area contributed by atoms with Gasteiger partial charge in [-0.2, -0.15) is 5.10 Å². The van der Waals surface area contributed by atoms with Crippen LogP contribution >= 0.6 is 28.3 Å². The fourth-order valence-corrected chi connectivity index (χ4v) is 3.60. The van der Waals surface area contributed by atoms with Gasteiger partial charge in [0.2, 0.25) is 0 Å². The fourth-order valence-electron chi connectivity index (χ4n) is 3.13. The van der Waals surface area contributed by atoms with E-state index in [9.17, 15) is 0 Å². The van der Waals surface area contributed by atoms with Crippen molar-refractivity contribution in [2.75, 3.05) is 39.3 Å². The van der Waals surface area contributed by atoms with Gasteiger partial charge in [0.05, 0.1) is 16.4 Å². The van der Waals surface area contributed by atoms with E-state index in [4.69, 9.17) is 0 Å². The predicted molar refractivity (Wildman–Crippen MR) is 86.3 cm³/mol. The number of likely N-dealkylation sites (tertiary alicyclic amines) is 1. The van der Waals surface area contributed by atoms with E-state index in [1.165, 1.54) is 38.3 Å². The largest absolute Gasteiger partial charge is 0.314 e. The Bertz CT molecular complexity index is 413. The number of hydrogen-bond acceptors (Lipinski definition) is 4. The van der Waals surface area contributed by atoms with Crippen molar-refractivity contribution >= 4 is 28.3 Å². The van der Waals surface area contributed by atoms with E-state index < -0.39 is 0 Å². The minimum atomic E-state index is 0. The number of aryl methyl sites for hydroxylation is 1. The molecule has 3 heterocycles. The zero-order chi connectivity index (χ0) is 13.2. The maximum Gasteiger partial charge on any atom is 0.0663 e. The van der Waals surface area contributed by atoms with Gasteiger partial charge >= 0.3 is 0 Å². The molecule has 3 rings (SSSR count). The van der Waals surface area contributed by atoms with Crippen LogP contribution in [0.4, 0.5) is 0 Å². The van der Waals surface area contributed by atoms with E-state index in [0.29, 0.717) is 0 Å². The average Bonchev–Trinajstić information content (AvgIpc) is 3.02. The number of hydrogen-bond donors (Lipinski definition) is 1. The van der Waals surface area contributed by atoms with Crippen molar-refractivity contribution in [1.29, 1.82) is 0 Å². The quantitative estimate of drug-likeness (QED) is 0.871. The lowest BCUT2D eigenvalue weighted by Gasteiger charge is -2.32. The molecule has 1 aromatic rings. The summed E-state index contributed by atoms with van der Waals surface area (Å²) in [6.07, 6.45) is 3.19. The molecule has 1 atom stereocenters. The first-order valence-corrected chi connectivity index (χ1v) is 7.87. The Morgan fingerprint density at radius 3 is 2.75 bits per heavy atom. The third kappa shape index (κ3) is 3.54. The second kappa shape index (κ2) is 7.22. The van der Waals surface area contributed by atoms with Crippen molar-refractivity contribution < 1.29 is 0 Å². The monoisotopic (exact) mass is 363 g/mol. The third-order valence-electron chi connectivity index (χ3n) is 4.30. The van der Waals surface area contributed by atoms with Gasteiger partial charge in [0.15, 0.2) is 0 Å². The van der Waals surface area contributed by atoms with E-state index >= 15 is 0 Å². The van der Waals surface area contributed by atoms with E-state index in [-0.39, 0.29) is 12.4 Å². The van der Waals surface area contributed by atoms with Crippen molar-refractivity contribution in [2.45, 2.75) is 19.0 Å². The Morgan fingerprint density at radius 2 is 2.10 bits per heavy atom. The molecule has 0 radical (unpaired) electrons. The number of halogens is 2. The van der Waals surface area contributed by atoms with Gasteiger partial charge < -0.3 is 5.32 Å². The molecule has 2 fully saturated rings. The Balaban J connectivity index is 0.00000147. The molecular formula is C13H23BrClN5. The molecule has 0 aromatic carbocycles. The third-order valence-corrected chi connectivity index (χ3v) is 4.96. The Morgan fingerprint density at radius 1 is 1.35 bits per heavy atom. The molecule has 1 unspecified atom stereocenters. The first kappa shape index (κ1) is 16.2. The summed E-state index contributed by atoms with van der Waals surface area (Å²) in [6, 6.07) is 0.745. The molecule has 2 aliphatic heterocycles. The Hall–Kier alpha value is -0.140. The molecule has 2 saturated heterocycles. The lowest BCUT2D eigenvalue weighted by atomic mass is 10.2. The van der Waals surface area contributed by atoms with Crippen molar-refractivity contribution in [2.24, 2.45) is 7.05 Å². The van der Waals surface area contributed by atoms with Crippen LogP contribution in [-0.2, 0) is 13.6 Å². The van der Waals surface area contributed by atoms with E-state index in [0.717, 1.165) is 30.1 Å². The summed E-state index contributed by atoms with van der Waals surface area (Å²) < 4.78 is 3.10. The van der Waals surface area contributed by atoms with E-state index in [2.05, 4.69) is 36.1 Å². The molecular weight excluding hydrogens is 342 g/mol. The van der Waals surface area contributed by atoms with Gasteiger partial charge in [0, 0.05) is 58.9 Å². The molecule has 1 aromatic heterocycles. The molecule has 114 valence electrons. The van der Waals surface area contributed by atoms with Gasteiger partial charge in [-0.1, -0.05) is 0 Å². The molecule has 20 heavy (non-hydrogen) atoms. The average molecular weight is 365 g/mol. The van der Waals surface area contributed by atoms with Crippen LogP contribution in [0.1, 0.15) is 12.1 Å². The Labute approximate surface area is 135 Å². The van der Waals surface area contributed by atoms with Gasteiger partial charge in [-0.25, -0.2) is 0 Å². The van der Waals surface area contributed by atoms with Crippen LogP contribution in [0.2, 0.25) is 0 Å². The molecule has 0 saturated carbocycles. The highest BCUT2D eigenvalue weighted by molar-refractivity contribution is 9.10. The summed E-state index contributed by atoms with van der Waals surface area (Å²) in [5, 5.41) is 7.72. The molecule has 7 heteroatoms.